The fraction of sp³-hybridized carbons (Fsp3) is 0.727. The number of ether oxygens (including phenoxy) is 1. The van der Waals surface area contributed by atoms with Gasteiger partial charge in [0.25, 0.3) is 0 Å². The van der Waals surface area contributed by atoms with Crippen LogP contribution in [0.2, 0.25) is 0 Å². The third-order valence-electron chi connectivity index (χ3n) is 2.85. The van der Waals surface area contributed by atoms with Crippen LogP contribution in [0.1, 0.15) is 19.5 Å². The molecule has 1 aromatic rings. The van der Waals surface area contributed by atoms with Crippen LogP contribution in [0.4, 0.5) is 0 Å². The van der Waals surface area contributed by atoms with E-state index in [1.54, 1.807) is 7.11 Å². The van der Waals surface area contributed by atoms with Crippen molar-refractivity contribution in [3.63, 3.8) is 0 Å². The second-order valence-electron chi connectivity index (χ2n) is 3.88. The monoisotopic (exact) mass is 211 g/mol. The molecule has 15 heavy (non-hydrogen) atoms. The molecule has 0 fully saturated rings. The number of nitrogens with one attached hydrogen (secondary N) is 1. The fourth-order valence-electron chi connectivity index (χ4n) is 1.44. The third kappa shape index (κ3) is 3.64. The van der Waals surface area contributed by atoms with Gasteiger partial charge in [0.2, 0.25) is 0 Å². The van der Waals surface area contributed by atoms with Crippen LogP contribution in [0, 0.1) is 0 Å². The molecular formula is C11H21N3O. The molecule has 0 aliphatic rings. The summed E-state index contributed by atoms with van der Waals surface area (Å²) in [6.45, 7) is 5.16. The molecule has 4 nitrogen and oxygen atoms in total. The highest BCUT2D eigenvalue weighted by Gasteiger charge is 2.09. The summed E-state index contributed by atoms with van der Waals surface area (Å²) in [6, 6.07) is 2.43. The largest absolute Gasteiger partial charge is 0.380 e. The zero-order chi connectivity index (χ0) is 11.3. The molecule has 0 saturated heterocycles. The first-order valence-electron chi connectivity index (χ1n) is 5.38. The van der Waals surface area contributed by atoms with Crippen molar-refractivity contribution >= 4 is 0 Å². The van der Waals surface area contributed by atoms with E-state index < -0.39 is 0 Å². The van der Waals surface area contributed by atoms with Crippen molar-refractivity contribution in [2.24, 2.45) is 7.05 Å². The Hall–Kier alpha value is -0.870. The fourth-order valence-corrected chi connectivity index (χ4v) is 1.44. The minimum atomic E-state index is 0.247. The van der Waals surface area contributed by atoms with E-state index in [4.69, 9.17) is 4.74 Å². The Morgan fingerprint density at radius 2 is 2.27 bits per heavy atom. The van der Waals surface area contributed by atoms with Gasteiger partial charge >= 0.3 is 0 Å². The van der Waals surface area contributed by atoms with Crippen LogP contribution in [-0.4, -0.2) is 35.6 Å². The van der Waals surface area contributed by atoms with Gasteiger partial charge in [-0.25, -0.2) is 0 Å². The molecule has 1 rings (SSSR count). The molecule has 1 heterocycles. The standard InChI is InChI=1S/C11H21N3O/c1-9(10(2)15-4)12-7-5-11-6-8-13-14(11)3/h6,8-10,12H,5,7H2,1-4H3. The Morgan fingerprint density at radius 3 is 2.80 bits per heavy atom. The van der Waals surface area contributed by atoms with Crippen molar-refractivity contribution in [3.8, 4) is 0 Å². The molecule has 4 heteroatoms. The number of aryl methyl sites for hydroxylation is 1. The van der Waals surface area contributed by atoms with Crippen LogP contribution in [0.5, 0.6) is 0 Å². The summed E-state index contributed by atoms with van der Waals surface area (Å²) in [5, 5.41) is 7.56. The molecule has 86 valence electrons. The quantitative estimate of drug-likeness (QED) is 0.762. The average Bonchev–Trinajstić information content (AvgIpc) is 2.63. The zero-order valence-corrected chi connectivity index (χ0v) is 10.0. The Bertz CT molecular complexity index is 285. The molecule has 0 aliphatic carbocycles. The van der Waals surface area contributed by atoms with Crippen molar-refractivity contribution in [2.75, 3.05) is 13.7 Å². The highest BCUT2D eigenvalue weighted by atomic mass is 16.5. The minimum Gasteiger partial charge on any atom is -0.380 e. The Kier molecular flexibility index (Phi) is 4.78. The predicted octanol–water partition coefficient (Wildman–Crippen LogP) is 0.976. The molecule has 2 atom stereocenters. The zero-order valence-electron chi connectivity index (χ0n) is 10.0. The normalized spacial score (nSPS) is 15.2. The maximum absolute atomic E-state index is 5.24. The summed E-state index contributed by atoms with van der Waals surface area (Å²) in [6.07, 6.45) is 3.07. The number of hydrogen-bond donors (Lipinski definition) is 1. The van der Waals surface area contributed by atoms with Crippen molar-refractivity contribution < 1.29 is 4.74 Å². The molecule has 0 bridgehead atoms. The van der Waals surface area contributed by atoms with Gasteiger partial charge in [0.15, 0.2) is 0 Å². The van der Waals surface area contributed by atoms with Gasteiger partial charge in [-0.15, -0.1) is 0 Å². The topological polar surface area (TPSA) is 39.1 Å². The van der Waals surface area contributed by atoms with E-state index in [0.717, 1.165) is 13.0 Å². The van der Waals surface area contributed by atoms with Crippen LogP contribution in [-0.2, 0) is 18.2 Å². The molecule has 0 aromatic carbocycles. The van der Waals surface area contributed by atoms with E-state index in [9.17, 15) is 0 Å². The van der Waals surface area contributed by atoms with E-state index in [1.165, 1.54) is 5.69 Å². The Labute approximate surface area is 91.6 Å². The lowest BCUT2D eigenvalue weighted by atomic mass is 10.2. The van der Waals surface area contributed by atoms with Gasteiger partial charge in [-0.1, -0.05) is 0 Å². The average molecular weight is 211 g/mol. The van der Waals surface area contributed by atoms with Crippen LogP contribution in [0.25, 0.3) is 0 Å². The molecule has 2 unspecified atom stereocenters. The second kappa shape index (κ2) is 5.88. The summed E-state index contributed by atoms with van der Waals surface area (Å²) in [7, 11) is 3.71. The predicted molar refractivity (Wildman–Crippen MR) is 60.8 cm³/mol. The van der Waals surface area contributed by atoms with Gasteiger partial charge < -0.3 is 10.1 Å². The number of hydrogen-bond acceptors (Lipinski definition) is 3. The van der Waals surface area contributed by atoms with Gasteiger partial charge in [0.1, 0.15) is 0 Å². The summed E-state index contributed by atoms with van der Waals surface area (Å²) in [5.74, 6) is 0. The molecule has 1 aromatic heterocycles. The molecule has 0 amide bonds. The van der Waals surface area contributed by atoms with Gasteiger partial charge in [0, 0.05) is 45.1 Å². The van der Waals surface area contributed by atoms with E-state index in [2.05, 4.69) is 24.3 Å². The SMILES string of the molecule is COC(C)C(C)NCCc1ccnn1C. The molecule has 0 spiro atoms. The van der Waals surface area contributed by atoms with Crippen molar-refractivity contribution in [1.29, 1.82) is 0 Å². The molecule has 0 saturated carbocycles. The molecule has 1 N–H and O–H groups in total. The van der Waals surface area contributed by atoms with Crippen LogP contribution in [0.15, 0.2) is 12.3 Å². The van der Waals surface area contributed by atoms with Crippen LogP contribution >= 0.6 is 0 Å². The first-order chi connectivity index (χ1) is 7.15. The van der Waals surface area contributed by atoms with E-state index >= 15 is 0 Å². The Morgan fingerprint density at radius 1 is 1.53 bits per heavy atom. The van der Waals surface area contributed by atoms with E-state index in [-0.39, 0.29) is 6.10 Å². The van der Waals surface area contributed by atoms with Gasteiger partial charge in [-0.05, 0) is 19.9 Å². The smallest absolute Gasteiger partial charge is 0.0693 e. The molecule has 0 radical (unpaired) electrons. The lowest BCUT2D eigenvalue weighted by Crippen LogP contribution is -2.37. The first-order valence-corrected chi connectivity index (χ1v) is 5.38. The maximum atomic E-state index is 5.24. The second-order valence-corrected chi connectivity index (χ2v) is 3.88. The van der Waals surface area contributed by atoms with Crippen LogP contribution in [0.3, 0.4) is 0 Å². The lowest BCUT2D eigenvalue weighted by Gasteiger charge is -2.19. The highest BCUT2D eigenvalue weighted by molar-refractivity contribution is 5.00. The maximum Gasteiger partial charge on any atom is 0.0693 e. The van der Waals surface area contributed by atoms with Gasteiger partial charge in [0.05, 0.1) is 6.10 Å². The highest BCUT2D eigenvalue weighted by Crippen LogP contribution is 1.99. The Balaban J connectivity index is 2.25. The number of rotatable bonds is 6. The van der Waals surface area contributed by atoms with Crippen LogP contribution < -0.4 is 5.32 Å². The van der Waals surface area contributed by atoms with Crippen molar-refractivity contribution in [1.82, 2.24) is 15.1 Å². The van der Waals surface area contributed by atoms with Crippen molar-refractivity contribution in [2.45, 2.75) is 32.4 Å². The summed E-state index contributed by atoms with van der Waals surface area (Å²) < 4.78 is 7.15. The number of aromatic nitrogens is 2. The lowest BCUT2D eigenvalue weighted by molar-refractivity contribution is 0.0889. The summed E-state index contributed by atoms with van der Waals surface area (Å²) in [5.41, 5.74) is 1.25. The third-order valence-corrected chi connectivity index (χ3v) is 2.85. The van der Waals surface area contributed by atoms with Gasteiger partial charge in [-0.2, -0.15) is 5.10 Å². The minimum absolute atomic E-state index is 0.247. The summed E-state index contributed by atoms with van der Waals surface area (Å²) in [4.78, 5) is 0. The van der Waals surface area contributed by atoms with Gasteiger partial charge in [-0.3, -0.25) is 4.68 Å². The summed E-state index contributed by atoms with van der Waals surface area (Å²) >= 11 is 0. The van der Waals surface area contributed by atoms with E-state index in [0.29, 0.717) is 6.04 Å². The van der Waals surface area contributed by atoms with E-state index in [1.807, 2.05) is 24.0 Å². The number of methoxy groups -OCH3 is 1. The number of nitrogens with zero attached hydrogens (tertiary/aromatic N) is 2. The van der Waals surface area contributed by atoms with Crippen molar-refractivity contribution in [3.05, 3.63) is 18.0 Å². The molecular weight excluding hydrogens is 190 g/mol. The molecule has 0 aliphatic heterocycles. The first kappa shape index (κ1) is 12.2.